The number of carbonyl (C=O) groups is 1. The summed E-state index contributed by atoms with van der Waals surface area (Å²) in [5.41, 5.74) is 0.103. The lowest BCUT2D eigenvalue weighted by molar-refractivity contribution is 0.0717. The highest BCUT2D eigenvalue weighted by atomic mass is 127. The van der Waals surface area contributed by atoms with Crippen molar-refractivity contribution >= 4 is 28.5 Å². The number of amides is 1. The molecule has 0 heterocycles. The third-order valence-corrected chi connectivity index (χ3v) is 4.75. The van der Waals surface area contributed by atoms with Crippen LogP contribution in [0.15, 0.2) is 18.2 Å². The average molecular weight is 389 g/mol. The minimum absolute atomic E-state index is 0.00962. The second-order valence-electron chi connectivity index (χ2n) is 5.56. The number of nitrogens with one attached hydrogen (secondary N) is 1. The van der Waals surface area contributed by atoms with E-state index >= 15 is 0 Å². The number of aliphatic hydroxyl groups is 1. The number of hydrogen-bond acceptors (Lipinski definition) is 3. The first kappa shape index (κ1) is 15.6. The van der Waals surface area contributed by atoms with Crippen LogP contribution in [0.5, 0.6) is 5.75 Å². The summed E-state index contributed by atoms with van der Waals surface area (Å²) in [6.45, 7) is 0.568. The molecule has 5 heteroatoms. The second-order valence-corrected chi connectivity index (χ2v) is 6.81. The molecule has 1 amide bonds. The first-order valence-electron chi connectivity index (χ1n) is 6.94. The minimum Gasteiger partial charge on any atom is -0.507 e. The fourth-order valence-electron chi connectivity index (χ4n) is 2.75. The molecule has 0 radical (unpaired) electrons. The molecule has 4 nitrogen and oxygen atoms in total. The lowest BCUT2D eigenvalue weighted by atomic mass is 9.74. The molecule has 0 unspecified atom stereocenters. The first-order chi connectivity index (χ1) is 9.56. The molecule has 20 heavy (non-hydrogen) atoms. The highest BCUT2D eigenvalue weighted by molar-refractivity contribution is 14.1. The molecule has 1 aromatic rings. The molecule has 0 spiro atoms. The van der Waals surface area contributed by atoms with Gasteiger partial charge in [0.1, 0.15) is 5.75 Å². The Labute approximate surface area is 132 Å². The molecule has 110 valence electrons. The summed E-state index contributed by atoms with van der Waals surface area (Å²) in [7, 11) is 0. The summed E-state index contributed by atoms with van der Waals surface area (Å²) in [5.74, 6) is -0.288. The van der Waals surface area contributed by atoms with Crippen molar-refractivity contribution in [2.45, 2.75) is 32.1 Å². The van der Waals surface area contributed by atoms with E-state index in [4.69, 9.17) is 0 Å². The van der Waals surface area contributed by atoms with E-state index in [-0.39, 0.29) is 23.7 Å². The van der Waals surface area contributed by atoms with Gasteiger partial charge in [-0.1, -0.05) is 19.3 Å². The summed E-state index contributed by atoms with van der Waals surface area (Å²) in [4.78, 5) is 12.2. The molecule has 0 atom stereocenters. The molecular weight excluding hydrogens is 369 g/mol. The van der Waals surface area contributed by atoms with Crippen molar-refractivity contribution in [1.82, 2.24) is 5.32 Å². The van der Waals surface area contributed by atoms with Gasteiger partial charge in [0.2, 0.25) is 0 Å². The number of benzene rings is 1. The molecule has 0 saturated heterocycles. The first-order valence-corrected chi connectivity index (χ1v) is 8.02. The Hall–Kier alpha value is -0.820. The van der Waals surface area contributed by atoms with Gasteiger partial charge in [-0.05, 0) is 53.6 Å². The van der Waals surface area contributed by atoms with Gasteiger partial charge in [0.15, 0.2) is 0 Å². The monoisotopic (exact) mass is 389 g/mol. The smallest absolute Gasteiger partial charge is 0.255 e. The van der Waals surface area contributed by atoms with E-state index in [0.29, 0.717) is 12.1 Å². The molecule has 1 aliphatic rings. The van der Waals surface area contributed by atoms with Crippen LogP contribution in [0, 0.1) is 8.99 Å². The quantitative estimate of drug-likeness (QED) is 0.694. The van der Waals surface area contributed by atoms with Gasteiger partial charge in [-0.3, -0.25) is 4.79 Å². The number of phenolic OH excluding ortho intramolecular Hbond substituents is 1. The van der Waals surface area contributed by atoms with Gasteiger partial charge in [0.05, 0.1) is 12.2 Å². The Morgan fingerprint density at radius 1 is 1.30 bits per heavy atom. The number of phenols is 1. The third kappa shape index (κ3) is 3.63. The van der Waals surface area contributed by atoms with Crippen LogP contribution >= 0.6 is 22.6 Å². The standard InChI is InChI=1S/C15H20INO3/c16-11-4-5-13(19)12(8-11)14(20)17-9-15(10-18)6-2-1-3-7-15/h4-5,8,18-19H,1-3,6-7,9-10H2,(H,17,20). The van der Waals surface area contributed by atoms with Crippen molar-refractivity contribution in [2.75, 3.05) is 13.2 Å². The molecule has 2 rings (SSSR count). The largest absolute Gasteiger partial charge is 0.507 e. The Morgan fingerprint density at radius 2 is 2.00 bits per heavy atom. The number of aromatic hydroxyl groups is 1. The molecule has 0 aliphatic heterocycles. The van der Waals surface area contributed by atoms with E-state index in [1.807, 2.05) is 0 Å². The zero-order chi connectivity index (χ0) is 14.6. The van der Waals surface area contributed by atoms with Crippen LogP contribution in [0.2, 0.25) is 0 Å². The Kier molecular flexibility index (Phi) is 5.26. The number of carbonyl (C=O) groups excluding carboxylic acids is 1. The zero-order valence-corrected chi connectivity index (χ0v) is 13.5. The van der Waals surface area contributed by atoms with E-state index < -0.39 is 0 Å². The van der Waals surface area contributed by atoms with Crippen LogP contribution in [0.25, 0.3) is 0 Å². The maximum Gasteiger partial charge on any atom is 0.255 e. The minimum atomic E-state index is -0.278. The van der Waals surface area contributed by atoms with Gasteiger partial charge in [0.25, 0.3) is 5.91 Å². The molecule has 1 aliphatic carbocycles. The predicted octanol–water partition coefficient (Wildman–Crippen LogP) is 2.67. The molecule has 1 aromatic carbocycles. The van der Waals surface area contributed by atoms with Gasteiger partial charge >= 0.3 is 0 Å². The van der Waals surface area contributed by atoms with Crippen LogP contribution in [0.1, 0.15) is 42.5 Å². The van der Waals surface area contributed by atoms with Crippen LogP contribution in [-0.4, -0.2) is 29.3 Å². The van der Waals surface area contributed by atoms with Gasteiger partial charge < -0.3 is 15.5 Å². The van der Waals surface area contributed by atoms with Gasteiger partial charge in [0, 0.05) is 15.5 Å². The van der Waals surface area contributed by atoms with Crippen LogP contribution in [0.3, 0.4) is 0 Å². The SMILES string of the molecule is O=C(NCC1(CO)CCCCC1)c1cc(I)ccc1O. The number of halogens is 1. The zero-order valence-electron chi connectivity index (χ0n) is 11.4. The number of aliphatic hydroxyl groups excluding tert-OH is 1. The lowest BCUT2D eigenvalue weighted by Gasteiger charge is -2.35. The second kappa shape index (κ2) is 6.76. The number of rotatable bonds is 4. The third-order valence-electron chi connectivity index (χ3n) is 4.08. The van der Waals surface area contributed by atoms with Crippen LogP contribution in [0.4, 0.5) is 0 Å². The Morgan fingerprint density at radius 3 is 2.65 bits per heavy atom. The maximum atomic E-state index is 12.2. The molecule has 1 fully saturated rings. The molecule has 0 bridgehead atoms. The van der Waals surface area contributed by atoms with Crippen molar-refractivity contribution < 1.29 is 15.0 Å². The number of hydrogen-bond donors (Lipinski definition) is 3. The normalized spacial score (nSPS) is 17.7. The predicted molar refractivity (Wildman–Crippen MR) is 85.8 cm³/mol. The van der Waals surface area contributed by atoms with Gasteiger partial charge in [-0.2, -0.15) is 0 Å². The fraction of sp³-hybridized carbons (Fsp3) is 0.533. The highest BCUT2D eigenvalue weighted by Crippen LogP contribution is 2.35. The summed E-state index contributed by atoms with van der Waals surface area (Å²) >= 11 is 2.11. The summed E-state index contributed by atoms with van der Waals surface area (Å²) in [6.07, 6.45) is 5.30. The molecule has 0 aromatic heterocycles. The van der Waals surface area contributed by atoms with E-state index in [1.165, 1.54) is 12.5 Å². The summed E-state index contributed by atoms with van der Waals surface area (Å²) < 4.78 is 0.903. The van der Waals surface area contributed by atoms with Crippen molar-refractivity contribution in [3.05, 3.63) is 27.3 Å². The van der Waals surface area contributed by atoms with E-state index in [2.05, 4.69) is 27.9 Å². The fourth-order valence-corrected chi connectivity index (χ4v) is 3.24. The van der Waals surface area contributed by atoms with E-state index in [9.17, 15) is 15.0 Å². The van der Waals surface area contributed by atoms with Crippen molar-refractivity contribution in [1.29, 1.82) is 0 Å². The average Bonchev–Trinajstić information content (AvgIpc) is 2.48. The van der Waals surface area contributed by atoms with E-state index in [1.54, 1.807) is 12.1 Å². The highest BCUT2D eigenvalue weighted by Gasteiger charge is 2.32. The van der Waals surface area contributed by atoms with Crippen molar-refractivity contribution in [2.24, 2.45) is 5.41 Å². The van der Waals surface area contributed by atoms with Crippen LogP contribution in [-0.2, 0) is 0 Å². The topological polar surface area (TPSA) is 69.6 Å². The summed E-state index contributed by atoms with van der Waals surface area (Å²) in [5, 5.41) is 22.2. The lowest BCUT2D eigenvalue weighted by Crippen LogP contribution is -2.41. The Bertz CT molecular complexity index is 484. The van der Waals surface area contributed by atoms with Gasteiger partial charge in [-0.15, -0.1) is 0 Å². The maximum absolute atomic E-state index is 12.2. The van der Waals surface area contributed by atoms with Gasteiger partial charge in [-0.25, -0.2) is 0 Å². The summed E-state index contributed by atoms with van der Waals surface area (Å²) in [6, 6.07) is 4.94. The van der Waals surface area contributed by atoms with Crippen molar-refractivity contribution in [3.63, 3.8) is 0 Å². The Balaban J connectivity index is 2.02. The molecule has 1 saturated carbocycles. The van der Waals surface area contributed by atoms with Crippen molar-refractivity contribution in [3.8, 4) is 5.75 Å². The molecular formula is C15H20INO3. The molecule has 3 N–H and O–H groups in total. The van der Waals surface area contributed by atoms with E-state index in [0.717, 1.165) is 29.3 Å². The van der Waals surface area contributed by atoms with Crippen LogP contribution < -0.4 is 5.32 Å².